The number of hydrogen-bond donors (Lipinski definition) is 1. The van der Waals surface area contributed by atoms with Crippen molar-refractivity contribution in [2.75, 3.05) is 6.54 Å². The van der Waals surface area contributed by atoms with Crippen LogP contribution in [0.1, 0.15) is 11.3 Å². The van der Waals surface area contributed by atoms with Gasteiger partial charge in [0.1, 0.15) is 0 Å². The first-order valence-corrected chi connectivity index (χ1v) is 5.82. The van der Waals surface area contributed by atoms with E-state index in [9.17, 15) is 0 Å². The van der Waals surface area contributed by atoms with Crippen LogP contribution in [0.3, 0.4) is 0 Å². The topological polar surface area (TPSA) is 38.9 Å². The van der Waals surface area contributed by atoms with Crippen LogP contribution in [0.25, 0.3) is 10.9 Å². The fourth-order valence-corrected chi connectivity index (χ4v) is 2.47. The van der Waals surface area contributed by atoms with E-state index >= 15 is 0 Å². The van der Waals surface area contributed by atoms with E-state index in [0.717, 1.165) is 28.6 Å². The molecule has 2 nitrogen and oxygen atoms in total. The SMILES string of the molecule is Cc1cc(CCN)c2c(Cl)cc(Cl)cc2n1. The van der Waals surface area contributed by atoms with Gasteiger partial charge in [0.2, 0.25) is 0 Å². The molecule has 0 saturated carbocycles. The zero-order valence-electron chi connectivity index (χ0n) is 8.93. The lowest BCUT2D eigenvalue weighted by Gasteiger charge is -2.09. The van der Waals surface area contributed by atoms with Crippen LogP contribution in [0.2, 0.25) is 10.0 Å². The lowest BCUT2D eigenvalue weighted by atomic mass is 10.0. The van der Waals surface area contributed by atoms with Crippen molar-refractivity contribution >= 4 is 34.1 Å². The van der Waals surface area contributed by atoms with E-state index in [1.54, 1.807) is 6.07 Å². The maximum Gasteiger partial charge on any atom is 0.0737 e. The second-order valence-electron chi connectivity index (χ2n) is 3.74. The van der Waals surface area contributed by atoms with Crippen molar-refractivity contribution in [2.45, 2.75) is 13.3 Å². The molecule has 0 radical (unpaired) electrons. The van der Waals surface area contributed by atoms with E-state index in [1.807, 2.05) is 19.1 Å². The highest BCUT2D eigenvalue weighted by Gasteiger charge is 2.08. The predicted octanol–water partition coefficient (Wildman–Crippen LogP) is 3.35. The number of fused-ring (bicyclic) bond motifs is 1. The standard InChI is InChI=1S/C12H12Cl2N2/c1-7-4-8(2-3-15)12-10(14)5-9(13)6-11(12)16-7/h4-6H,2-3,15H2,1H3. The molecule has 0 aliphatic carbocycles. The summed E-state index contributed by atoms with van der Waals surface area (Å²) in [5.74, 6) is 0. The van der Waals surface area contributed by atoms with Crippen molar-refractivity contribution in [3.05, 3.63) is 39.5 Å². The highest BCUT2D eigenvalue weighted by molar-refractivity contribution is 6.38. The summed E-state index contributed by atoms with van der Waals surface area (Å²) in [6.07, 6.45) is 0.793. The number of benzene rings is 1. The first kappa shape index (κ1) is 11.6. The van der Waals surface area contributed by atoms with Crippen molar-refractivity contribution in [1.29, 1.82) is 0 Å². The average Bonchev–Trinajstić information content (AvgIpc) is 2.15. The van der Waals surface area contributed by atoms with Crippen LogP contribution in [0.4, 0.5) is 0 Å². The Bertz CT molecular complexity index is 533. The molecule has 84 valence electrons. The van der Waals surface area contributed by atoms with Gasteiger partial charge in [-0.25, -0.2) is 0 Å². The summed E-state index contributed by atoms with van der Waals surface area (Å²) in [5, 5.41) is 2.20. The van der Waals surface area contributed by atoms with Gasteiger partial charge in [-0.15, -0.1) is 0 Å². The Kier molecular flexibility index (Phi) is 3.33. The molecule has 0 bridgehead atoms. The minimum absolute atomic E-state index is 0.595. The molecule has 0 atom stereocenters. The first-order valence-electron chi connectivity index (χ1n) is 5.07. The summed E-state index contributed by atoms with van der Waals surface area (Å²) in [5.41, 5.74) is 8.51. The third-order valence-corrected chi connectivity index (χ3v) is 2.97. The summed E-state index contributed by atoms with van der Waals surface area (Å²) in [4.78, 5) is 4.43. The molecule has 0 aliphatic rings. The van der Waals surface area contributed by atoms with Gasteiger partial charge in [0.25, 0.3) is 0 Å². The Morgan fingerprint density at radius 3 is 2.69 bits per heavy atom. The lowest BCUT2D eigenvalue weighted by Crippen LogP contribution is -2.04. The van der Waals surface area contributed by atoms with E-state index in [4.69, 9.17) is 28.9 Å². The van der Waals surface area contributed by atoms with Crippen LogP contribution >= 0.6 is 23.2 Å². The van der Waals surface area contributed by atoms with Crippen molar-refractivity contribution in [2.24, 2.45) is 5.73 Å². The number of halogens is 2. The number of hydrogen-bond acceptors (Lipinski definition) is 2. The van der Waals surface area contributed by atoms with Crippen molar-refractivity contribution < 1.29 is 0 Å². The Morgan fingerprint density at radius 1 is 1.25 bits per heavy atom. The minimum atomic E-state index is 0.595. The van der Waals surface area contributed by atoms with Crippen LogP contribution in [0, 0.1) is 6.92 Å². The number of aryl methyl sites for hydroxylation is 1. The van der Waals surface area contributed by atoms with E-state index in [2.05, 4.69) is 4.98 Å². The summed E-state index contributed by atoms with van der Waals surface area (Å²) >= 11 is 12.1. The Labute approximate surface area is 104 Å². The number of aromatic nitrogens is 1. The first-order chi connectivity index (χ1) is 7.61. The molecule has 0 saturated heterocycles. The van der Waals surface area contributed by atoms with Gasteiger partial charge < -0.3 is 5.73 Å². The average molecular weight is 255 g/mol. The second kappa shape index (κ2) is 4.58. The van der Waals surface area contributed by atoms with E-state index < -0.39 is 0 Å². The maximum atomic E-state index is 6.19. The van der Waals surface area contributed by atoms with Crippen molar-refractivity contribution in [1.82, 2.24) is 4.98 Å². The van der Waals surface area contributed by atoms with Crippen LogP contribution < -0.4 is 5.73 Å². The van der Waals surface area contributed by atoms with Gasteiger partial charge in [-0.05, 0) is 43.7 Å². The zero-order chi connectivity index (χ0) is 11.7. The third-order valence-electron chi connectivity index (χ3n) is 2.45. The number of pyridine rings is 1. The third kappa shape index (κ3) is 2.14. The molecule has 0 aliphatic heterocycles. The molecule has 2 N–H and O–H groups in total. The highest BCUT2D eigenvalue weighted by atomic mass is 35.5. The summed E-state index contributed by atoms with van der Waals surface area (Å²) in [6.45, 7) is 2.55. The fraction of sp³-hybridized carbons (Fsp3) is 0.250. The van der Waals surface area contributed by atoms with Gasteiger partial charge in [0.05, 0.1) is 10.5 Å². The van der Waals surface area contributed by atoms with Gasteiger partial charge in [-0.1, -0.05) is 23.2 Å². The van der Waals surface area contributed by atoms with Crippen LogP contribution in [0.15, 0.2) is 18.2 Å². The molecule has 16 heavy (non-hydrogen) atoms. The second-order valence-corrected chi connectivity index (χ2v) is 4.59. The van der Waals surface area contributed by atoms with Crippen LogP contribution in [0.5, 0.6) is 0 Å². The Hall–Kier alpha value is -0.830. The normalized spacial score (nSPS) is 11.0. The highest BCUT2D eigenvalue weighted by Crippen LogP contribution is 2.30. The largest absolute Gasteiger partial charge is 0.330 e. The van der Waals surface area contributed by atoms with Crippen LogP contribution in [-0.4, -0.2) is 11.5 Å². The predicted molar refractivity (Wildman–Crippen MR) is 69.3 cm³/mol. The quantitative estimate of drug-likeness (QED) is 0.893. The molecule has 2 rings (SSSR count). The minimum Gasteiger partial charge on any atom is -0.330 e. The maximum absolute atomic E-state index is 6.19. The molecule has 1 heterocycles. The zero-order valence-corrected chi connectivity index (χ0v) is 10.4. The van der Waals surface area contributed by atoms with Gasteiger partial charge >= 0.3 is 0 Å². The number of nitrogens with two attached hydrogens (primary N) is 1. The van der Waals surface area contributed by atoms with E-state index in [1.165, 1.54) is 0 Å². The monoisotopic (exact) mass is 254 g/mol. The van der Waals surface area contributed by atoms with Gasteiger partial charge in [0.15, 0.2) is 0 Å². The summed E-state index contributed by atoms with van der Waals surface area (Å²) in [7, 11) is 0. The molecule has 0 fully saturated rings. The molecular weight excluding hydrogens is 243 g/mol. The molecule has 0 spiro atoms. The fourth-order valence-electron chi connectivity index (χ4n) is 1.87. The lowest BCUT2D eigenvalue weighted by molar-refractivity contribution is 0.971. The van der Waals surface area contributed by atoms with Gasteiger partial charge in [0, 0.05) is 16.1 Å². The molecule has 2 aromatic rings. The smallest absolute Gasteiger partial charge is 0.0737 e. The Morgan fingerprint density at radius 2 is 2.00 bits per heavy atom. The van der Waals surface area contributed by atoms with E-state index in [0.29, 0.717) is 16.6 Å². The van der Waals surface area contributed by atoms with Gasteiger partial charge in [-0.2, -0.15) is 0 Å². The summed E-state index contributed by atoms with van der Waals surface area (Å²) < 4.78 is 0. The molecule has 1 aromatic carbocycles. The number of rotatable bonds is 2. The van der Waals surface area contributed by atoms with Gasteiger partial charge in [-0.3, -0.25) is 4.98 Å². The van der Waals surface area contributed by atoms with Crippen molar-refractivity contribution in [3.8, 4) is 0 Å². The van der Waals surface area contributed by atoms with Crippen LogP contribution in [-0.2, 0) is 6.42 Å². The molecule has 0 unspecified atom stereocenters. The Balaban J connectivity index is 2.78. The molecule has 0 amide bonds. The number of nitrogens with zero attached hydrogens (tertiary/aromatic N) is 1. The molecular formula is C12H12Cl2N2. The molecule has 1 aromatic heterocycles. The van der Waals surface area contributed by atoms with Crippen molar-refractivity contribution in [3.63, 3.8) is 0 Å². The molecule has 4 heteroatoms. The summed E-state index contributed by atoms with van der Waals surface area (Å²) in [6, 6.07) is 5.59. The van der Waals surface area contributed by atoms with E-state index in [-0.39, 0.29) is 0 Å².